The summed E-state index contributed by atoms with van der Waals surface area (Å²) in [5, 5.41) is 0. The van der Waals surface area contributed by atoms with Crippen molar-refractivity contribution in [2.75, 3.05) is 53.9 Å². The van der Waals surface area contributed by atoms with E-state index >= 15 is 0 Å². The molecule has 2 unspecified atom stereocenters. The Morgan fingerprint density at radius 1 is 0.625 bits per heavy atom. The predicted octanol–water partition coefficient (Wildman–Crippen LogP) is 4.82. The largest absolute Gasteiger partial charge is 0.306 e. The molecule has 0 amide bonds. The Kier molecular flexibility index (Phi) is 15.3. The molecule has 0 radical (unpaired) electrons. The standard InChI is InChI=1S/C7H13N.C6H13N.C5H11N.3CH4/c1-8-5-6-2-3-7(8)4-6;1-7-5-3-2-4-6-7;1-6-4-2-3-5-6;;;/h6-7H,2-5H2,1H3;2-6H2,1H3;2-5H2,1H3;3*1H4. The Balaban J connectivity index is 0. The molecule has 3 heterocycles. The van der Waals surface area contributed by atoms with Gasteiger partial charge in [0.2, 0.25) is 0 Å². The molecule has 3 nitrogen and oxygen atoms in total. The molecule has 4 fully saturated rings. The Hall–Kier alpha value is -0.120. The second kappa shape index (κ2) is 14.1. The number of hydrogen-bond acceptors (Lipinski definition) is 3. The minimum absolute atomic E-state index is 0. The van der Waals surface area contributed by atoms with Crippen molar-refractivity contribution in [3.05, 3.63) is 0 Å². The molecule has 3 heteroatoms. The first-order chi connectivity index (χ1) is 10.1. The molecule has 2 atom stereocenters. The van der Waals surface area contributed by atoms with Crippen LogP contribution in [0.5, 0.6) is 0 Å². The van der Waals surface area contributed by atoms with Crippen LogP contribution in [-0.2, 0) is 0 Å². The first kappa shape index (κ1) is 26.1. The number of nitrogens with zero attached hydrogens (tertiary/aromatic N) is 3. The van der Waals surface area contributed by atoms with Gasteiger partial charge in [0.1, 0.15) is 0 Å². The zero-order valence-electron chi connectivity index (χ0n) is 14.7. The van der Waals surface area contributed by atoms with Gasteiger partial charge in [0.05, 0.1) is 0 Å². The van der Waals surface area contributed by atoms with Gasteiger partial charge in [0, 0.05) is 12.6 Å². The maximum Gasteiger partial charge on any atom is 0.00955 e. The quantitative estimate of drug-likeness (QED) is 0.624. The summed E-state index contributed by atoms with van der Waals surface area (Å²) in [7, 11) is 6.62. The van der Waals surface area contributed by atoms with E-state index in [0.29, 0.717) is 0 Å². The van der Waals surface area contributed by atoms with Gasteiger partial charge < -0.3 is 14.7 Å². The molecule has 2 bridgehead atoms. The lowest BCUT2D eigenvalue weighted by Crippen LogP contribution is -2.27. The highest BCUT2D eigenvalue weighted by atomic mass is 15.2. The van der Waals surface area contributed by atoms with Gasteiger partial charge in [0.15, 0.2) is 0 Å². The predicted molar refractivity (Wildman–Crippen MR) is 112 cm³/mol. The van der Waals surface area contributed by atoms with E-state index in [1.165, 1.54) is 84.1 Å². The van der Waals surface area contributed by atoms with Crippen molar-refractivity contribution in [2.24, 2.45) is 5.92 Å². The van der Waals surface area contributed by atoms with Gasteiger partial charge in [-0.15, -0.1) is 0 Å². The van der Waals surface area contributed by atoms with E-state index in [2.05, 4.69) is 35.8 Å². The van der Waals surface area contributed by atoms with Crippen molar-refractivity contribution in [3.63, 3.8) is 0 Å². The second-order valence-electron chi connectivity index (χ2n) is 7.65. The molecule has 0 aromatic carbocycles. The lowest BCUT2D eigenvalue weighted by Gasteiger charge is -2.20. The first-order valence-corrected chi connectivity index (χ1v) is 9.22. The summed E-state index contributed by atoms with van der Waals surface area (Å²) in [6.07, 6.45) is 11.6. The van der Waals surface area contributed by atoms with E-state index in [1.54, 1.807) is 0 Å². The highest BCUT2D eigenvalue weighted by Crippen LogP contribution is 2.35. The van der Waals surface area contributed by atoms with E-state index in [4.69, 9.17) is 0 Å². The van der Waals surface area contributed by atoms with Crippen molar-refractivity contribution < 1.29 is 0 Å². The van der Waals surface area contributed by atoms with Crippen molar-refractivity contribution in [1.82, 2.24) is 14.7 Å². The van der Waals surface area contributed by atoms with Crippen LogP contribution in [0.4, 0.5) is 0 Å². The molecule has 0 spiro atoms. The van der Waals surface area contributed by atoms with Crippen LogP contribution in [-0.4, -0.2) is 74.6 Å². The normalized spacial score (nSPS) is 29.1. The lowest BCUT2D eigenvalue weighted by molar-refractivity contribution is 0.261. The summed E-state index contributed by atoms with van der Waals surface area (Å²) in [4.78, 5) is 7.26. The average molecular weight is 344 g/mol. The number of piperidine rings is 2. The summed E-state index contributed by atoms with van der Waals surface area (Å²) in [6, 6.07) is 0.972. The van der Waals surface area contributed by atoms with Crippen LogP contribution in [0.2, 0.25) is 0 Å². The second-order valence-corrected chi connectivity index (χ2v) is 7.65. The lowest BCUT2D eigenvalue weighted by atomic mass is 10.1. The van der Waals surface area contributed by atoms with Crippen LogP contribution in [0.25, 0.3) is 0 Å². The fraction of sp³-hybridized carbons (Fsp3) is 1.00. The fourth-order valence-electron chi connectivity index (χ4n) is 4.10. The third-order valence-electron chi connectivity index (χ3n) is 5.59. The highest BCUT2D eigenvalue weighted by molar-refractivity contribution is 4.89. The molecular formula is C21H49N3. The smallest absolute Gasteiger partial charge is 0.00955 e. The number of fused-ring (bicyclic) bond motifs is 2. The Morgan fingerprint density at radius 2 is 1.08 bits per heavy atom. The van der Waals surface area contributed by atoms with Gasteiger partial charge in [-0.3, -0.25) is 0 Å². The van der Waals surface area contributed by atoms with E-state index in [-0.39, 0.29) is 22.3 Å². The van der Waals surface area contributed by atoms with E-state index in [0.717, 1.165) is 12.0 Å². The van der Waals surface area contributed by atoms with Crippen molar-refractivity contribution in [1.29, 1.82) is 0 Å². The van der Waals surface area contributed by atoms with Gasteiger partial charge in [-0.1, -0.05) is 28.7 Å². The number of likely N-dealkylation sites (tertiary alicyclic amines) is 3. The molecule has 0 aromatic rings. The van der Waals surface area contributed by atoms with Gasteiger partial charge >= 0.3 is 0 Å². The first-order valence-electron chi connectivity index (χ1n) is 9.22. The molecule has 148 valence electrons. The van der Waals surface area contributed by atoms with Gasteiger partial charge in [0.25, 0.3) is 0 Å². The Labute approximate surface area is 154 Å². The zero-order chi connectivity index (χ0) is 15.1. The molecule has 3 saturated heterocycles. The van der Waals surface area contributed by atoms with Crippen LogP contribution in [0.15, 0.2) is 0 Å². The molecule has 1 aliphatic carbocycles. The van der Waals surface area contributed by atoms with Gasteiger partial charge in [-0.25, -0.2) is 0 Å². The summed E-state index contributed by atoms with van der Waals surface area (Å²) < 4.78 is 0. The summed E-state index contributed by atoms with van der Waals surface area (Å²) in [5.41, 5.74) is 0. The van der Waals surface area contributed by atoms with E-state index in [1.807, 2.05) is 0 Å². The third kappa shape index (κ3) is 9.39. The number of rotatable bonds is 0. The van der Waals surface area contributed by atoms with Crippen LogP contribution in [0.1, 0.15) is 73.6 Å². The van der Waals surface area contributed by atoms with Crippen LogP contribution in [0, 0.1) is 5.92 Å². The highest BCUT2D eigenvalue weighted by Gasteiger charge is 2.34. The molecule has 24 heavy (non-hydrogen) atoms. The Bertz CT molecular complexity index is 268. The monoisotopic (exact) mass is 343 g/mol. The van der Waals surface area contributed by atoms with Crippen molar-refractivity contribution in [2.45, 2.75) is 79.7 Å². The molecule has 1 saturated carbocycles. The van der Waals surface area contributed by atoms with Crippen LogP contribution in [0.3, 0.4) is 0 Å². The number of hydrogen-bond donors (Lipinski definition) is 0. The summed E-state index contributed by atoms with van der Waals surface area (Å²) in [6.45, 7) is 6.66. The Morgan fingerprint density at radius 3 is 1.25 bits per heavy atom. The average Bonchev–Trinajstić information content (AvgIpc) is 3.19. The van der Waals surface area contributed by atoms with Crippen molar-refractivity contribution >= 4 is 0 Å². The molecule has 0 aromatic heterocycles. The zero-order valence-corrected chi connectivity index (χ0v) is 14.7. The maximum atomic E-state index is 2.51. The van der Waals surface area contributed by atoms with E-state index < -0.39 is 0 Å². The fourth-order valence-corrected chi connectivity index (χ4v) is 4.10. The topological polar surface area (TPSA) is 9.72 Å². The molecular weight excluding hydrogens is 294 g/mol. The van der Waals surface area contributed by atoms with E-state index in [9.17, 15) is 0 Å². The molecule has 3 aliphatic heterocycles. The maximum absolute atomic E-state index is 2.51. The molecule has 4 aliphatic rings. The molecule has 0 N–H and O–H groups in total. The van der Waals surface area contributed by atoms with Crippen LogP contribution >= 0.6 is 0 Å². The van der Waals surface area contributed by atoms with Crippen LogP contribution < -0.4 is 0 Å². The van der Waals surface area contributed by atoms with Gasteiger partial charge in [-0.05, 0) is 98.2 Å². The third-order valence-corrected chi connectivity index (χ3v) is 5.59. The molecule has 4 rings (SSSR count). The van der Waals surface area contributed by atoms with Gasteiger partial charge in [-0.2, -0.15) is 0 Å². The van der Waals surface area contributed by atoms with Crippen molar-refractivity contribution in [3.8, 4) is 0 Å². The summed E-state index contributed by atoms with van der Waals surface area (Å²) in [5.74, 6) is 1.07. The SMILES string of the molecule is C.C.C.CN1CC2CCC1C2.CN1CCCC1.CN1CCCCC1. The summed E-state index contributed by atoms with van der Waals surface area (Å²) >= 11 is 0. The minimum atomic E-state index is 0. The minimum Gasteiger partial charge on any atom is -0.306 e.